The zero-order valence-electron chi connectivity index (χ0n) is 16.3. The van der Waals surface area contributed by atoms with Crippen LogP contribution in [0, 0.1) is 0 Å². The first-order valence-electron chi connectivity index (χ1n) is 9.01. The summed E-state index contributed by atoms with van der Waals surface area (Å²) in [5.41, 5.74) is 0.760. The molecule has 0 saturated heterocycles. The fourth-order valence-electron chi connectivity index (χ4n) is 3.09. The third-order valence-corrected chi connectivity index (χ3v) is 4.65. The molecular formula is C21H24N4O3. The molecule has 0 spiro atoms. The van der Waals surface area contributed by atoms with Crippen molar-refractivity contribution in [2.45, 2.75) is 12.6 Å². The Labute approximate surface area is 163 Å². The van der Waals surface area contributed by atoms with Gasteiger partial charge in [0.15, 0.2) is 0 Å². The molecule has 0 saturated carbocycles. The van der Waals surface area contributed by atoms with Gasteiger partial charge in [-0.15, -0.1) is 0 Å². The lowest BCUT2D eigenvalue weighted by Crippen LogP contribution is -2.38. The Morgan fingerprint density at radius 2 is 2.00 bits per heavy atom. The third kappa shape index (κ3) is 4.37. The quantitative estimate of drug-likeness (QED) is 0.677. The molecule has 0 unspecified atom stereocenters. The molecule has 0 aliphatic heterocycles. The molecule has 2 aromatic carbocycles. The maximum Gasteiger partial charge on any atom is 0.275 e. The van der Waals surface area contributed by atoms with Crippen LogP contribution in [0.25, 0.3) is 10.8 Å². The van der Waals surface area contributed by atoms with Crippen LogP contribution in [-0.2, 0) is 11.3 Å². The summed E-state index contributed by atoms with van der Waals surface area (Å²) >= 11 is 0. The van der Waals surface area contributed by atoms with Crippen LogP contribution in [0.2, 0.25) is 0 Å². The van der Waals surface area contributed by atoms with Crippen LogP contribution in [0.5, 0.6) is 5.75 Å². The number of methoxy groups -OCH3 is 1. The summed E-state index contributed by atoms with van der Waals surface area (Å²) < 4.78 is 6.47. The van der Waals surface area contributed by atoms with E-state index < -0.39 is 0 Å². The zero-order valence-corrected chi connectivity index (χ0v) is 16.3. The Balaban J connectivity index is 1.70. The standard InChI is InChI=1S/C21H24N4O3/c1-24(2)19(15-8-6-9-17(11-15)28-3)13-22-20(26)14-25-21(27)18-10-5-4-7-16(18)12-23-25/h4-12,19H,13-14H2,1-3H3,(H,22,26)/t19-/m0/s1. The van der Waals surface area contributed by atoms with Gasteiger partial charge in [-0.25, -0.2) is 4.68 Å². The van der Waals surface area contributed by atoms with Crippen LogP contribution in [0.15, 0.2) is 59.5 Å². The van der Waals surface area contributed by atoms with Gasteiger partial charge in [0.05, 0.1) is 24.7 Å². The second-order valence-electron chi connectivity index (χ2n) is 6.75. The predicted molar refractivity (Wildman–Crippen MR) is 108 cm³/mol. The zero-order chi connectivity index (χ0) is 20.1. The second kappa shape index (κ2) is 8.67. The summed E-state index contributed by atoms with van der Waals surface area (Å²) in [5, 5.41) is 8.32. The van der Waals surface area contributed by atoms with E-state index >= 15 is 0 Å². The summed E-state index contributed by atoms with van der Waals surface area (Å²) in [7, 11) is 5.53. The summed E-state index contributed by atoms with van der Waals surface area (Å²) in [6.45, 7) is 0.281. The first kappa shape index (κ1) is 19.6. The lowest BCUT2D eigenvalue weighted by Gasteiger charge is -2.25. The molecule has 146 valence electrons. The van der Waals surface area contributed by atoms with E-state index in [1.807, 2.05) is 55.4 Å². The number of benzene rings is 2. The van der Waals surface area contributed by atoms with Crippen LogP contribution in [0.3, 0.4) is 0 Å². The van der Waals surface area contributed by atoms with Crippen LogP contribution < -0.4 is 15.6 Å². The average molecular weight is 380 g/mol. The number of fused-ring (bicyclic) bond motifs is 1. The Hall–Kier alpha value is -3.19. The Bertz CT molecular complexity index is 1030. The van der Waals surface area contributed by atoms with Gasteiger partial charge in [0.1, 0.15) is 12.3 Å². The van der Waals surface area contributed by atoms with Gasteiger partial charge in [0.25, 0.3) is 5.56 Å². The van der Waals surface area contributed by atoms with Gasteiger partial charge in [-0.3, -0.25) is 9.59 Å². The minimum absolute atomic E-state index is 0.0275. The average Bonchev–Trinajstić information content (AvgIpc) is 2.70. The smallest absolute Gasteiger partial charge is 0.275 e. The van der Waals surface area contributed by atoms with Crippen LogP contribution in [0.1, 0.15) is 11.6 Å². The van der Waals surface area contributed by atoms with E-state index in [0.29, 0.717) is 11.9 Å². The topological polar surface area (TPSA) is 76.5 Å². The Kier molecular flexibility index (Phi) is 6.06. The molecule has 0 fully saturated rings. The molecule has 7 nitrogen and oxygen atoms in total. The Morgan fingerprint density at radius 3 is 2.75 bits per heavy atom. The predicted octanol–water partition coefficient (Wildman–Crippen LogP) is 1.82. The van der Waals surface area contributed by atoms with Gasteiger partial charge in [0, 0.05) is 11.9 Å². The monoisotopic (exact) mass is 380 g/mol. The number of ether oxygens (including phenoxy) is 1. The molecule has 0 aliphatic carbocycles. The van der Waals surface area contributed by atoms with Crippen molar-refractivity contribution in [2.75, 3.05) is 27.7 Å². The molecule has 1 N–H and O–H groups in total. The first-order chi connectivity index (χ1) is 13.5. The number of amides is 1. The van der Waals surface area contributed by atoms with Gasteiger partial charge >= 0.3 is 0 Å². The highest BCUT2D eigenvalue weighted by atomic mass is 16.5. The molecule has 0 aliphatic rings. The summed E-state index contributed by atoms with van der Waals surface area (Å²) in [6.07, 6.45) is 1.60. The van der Waals surface area contributed by atoms with Gasteiger partial charge in [0.2, 0.25) is 5.91 Å². The lowest BCUT2D eigenvalue weighted by molar-refractivity contribution is -0.122. The summed E-state index contributed by atoms with van der Waals surface area (Å²) in [4.78, 5) is 27.0. The van der Waals surface area contributed by atoms with Crippen molar-refractivity contribution < 1.29 is 9.53 Å². The first-order valence-corrected chi connectivity index (χ1v) is 9.01. The number of nitrogens with zero attached hydrogens (tertiary/aromatic N) is 3. The minimum atomic E-state index is -0.273. The molecule has 1 atom stereocenters. The maximum absolute atomic E-state index is 12.5. The van der Waals surface area contributed by atoms with Crippen molar-refractivity contribution in [3.63, 3.8) is 0 Å². The molecule has 28 heavy (non-hydrogen) atoms. The molecule has 3 aromatic rings. The van der Waals surface area contributed by atoms with E-state index in [9.17, 15) is 9.59 Å². The van der Waals surface area contributed by atoms with Crippen molar-refractivity contribution in [2.24, 2.45) is 0 Å². The fraction of sp³-hybridized carbons (Fsp3) is 0.286. The van der Waals surface area contributed by atoms with Crippen molar-refractivity contribution in [3.8, 4) is 5.75 Å². The number of rotatable bonds is 7. The number of likely N-dealkylation sites (N-methyl/N-ethyl adjacent to an activating group) is 1. The van der Waals surface area contributed by atoms with Crippen LogP contribution in [0.4, 0.5) is 0 Å². The van der Waals surface area contributed by atoms with Gasteiger partial charge in [-0.05, 0) is 37.9 Å². The number of hydrogen-bond acceptors (Lipinski definition) is 5. The van der Waals surface area contributed by atoms with Crippen LogP contribution in [-0.4, -0.2) is 48.3 Å². The van der Waals surface area contributed by atoms with Crippen molar-refractivity contribution in [3.05, 3.63) is 70.6 Å². The van der Waals surface area contributed by atoms with Gasteiger partial charge in [-0.1, -0.05) is 30.3 Å². The number of hydrogen-bond donors (Lipinski definition) is 1. The molecular weight excluding hydrogens is 356 g/mol. The van der Waals surface area contributed by atoms with E-state index in [-0.39, 0.29) is 24.1 Å². The van der Waals surface area contributed by atoms with Crippen molar-refractivity contribution >= 4 is 16.7 Å². The van der Waals surface area contributed by atoms with E-state index in [1.165, 1.54) is 4.68 Å². The maximum atomic E-state index is 12.5. The number of carbonyl (C=O) groups is 1. The molecule has 1 aromatic heterocycles. The van der Waals surface area contributed by atoms with Crippen LogP contribution >= 0.6 is 0 Å². The van der Waals surface area contributed by atoms with Gasteiger partial charge in [-0.2, -0.15) is 5.10 Å². The minimum Gasteiger partial charge on any atom is -0.497 e. The summed E-state index contributed by atoms with van der Waals surface area (Å²) in [6, 6.07) is 14.9. The van der Waals surface area contributed by atoms with Crippen molar-refractivity contribution in [1.82, 2.24) is 20.0 Å². The van der Waals surface area contributed by atoms with E-state index in [0.717, 1.165) is 16.7 Å². The normalized spacial score (nSPS) is 12.1. The number of carbonyl (C=O) groups excluding carboxylic acids is 1. The largest absolute Gasteiger partial charge is 0.497 e. The molecule has 1 heterocycles. The lowest BCUT2D eigenvalue weighted by atomic mass is 10.1. The highest BCUT2D eigenvalue weighted by molar-refractivity contribution is 5.81. The highest BCUT2D eigenvalue weighted by Gasteiger charge is 2.16. The molecule has 0 bridgehead atoms. The number of aromatic nitrogens is 2. The number of nitrogens with one attached hydrogen (secondary N) is 1. The second-order valence-corrected chi connectivity index (χ2v) is 6.75. The van der Waals surface area contributed by atoms with Gasteiger partial charge < -0.3 is 15.0 Å². The molecule has 7 heteroatoms. The third-order valence-electron chi connectivity index (χ3n) is 4.65. The molecule has 0 radical (unpaired) electrons. The summed E-state index contributed by atoms with van der Waals surface area (Å²) in [5.74, 6) is 0.502. The molecule has 3 rings (SSSR count). The van der Waals surface area contributed by atoms with Crippen molar-refractivity contribution in [1.29, 1.82) is 0 Å². The van der Waals surface area contributed by atoms with E-state index in [2.05, 4.69) is 10.4 Å². The SMILES string of the molecule is COc1cccc([C@H](CNC(=O)Cn2ncc3ccccc3c2=O)N(C)C)c1. The van der Waals surface area contributed by atoms with E-state index in [4.69, 9.17) is 4.74 Å². The fourth-order valence-corrected chi connectivity index (χ4v) is 3.09. The molecule has 1 amide bonds. The van der Waals surface area contributed by atoms with E-state index in [1.54, 1.807) is 25.4 Å². The highest BCUT2D eigenvalue weighted by Crippen LogP contribution is 2.22. The Morgan fingerprint density at radius 1 is 1.21 bits per heavy atom.